The fourth-order valence-electron chi connectivity index (χ4n) is 2.18. The predicted octanol–water partition coefficient (Wildman–Crippen LogP) is 1.82. The molecule has 2 aromatic rings. The van der Waals surface area contributed by atoms with Gasteiger partial charge in [0.05, 0.1) is 18.6 Å². The number of hydrogen-bond acceptors (Lipinski definition) is 5. The van der Waals surface area contributed by atoms with E-state index in [0.717, 1.165) is 17.1 Å². The molecule has 1 amide bonds. The first-order valence-corrected chi connectivity index (χ1v) is 9.58. The minimum Gasteiger partial charge on any atom is -0.497 e. The van der Waals surface area contributed by atoms with Crippen LogP contribution >= 0.6 is 0 Å². The smallest absolute Gasteiger partial charge is 0.238 e. The monoisotopic (exact) mass is 378 g/mol. The van der Waals surface area contributed by atoms with Gasteiger partial charge in [0.25, 0.3) is 0 Å². The molecule has 0 aliphatic carbocycles. The number of hydrogen-bond donors (Lipinski definition) is 2. The van der Waals surface area contributed by atoms with Crippen molar-refractivity contribution in [2.45, 2.75) is 24.3 Å². The van der Waals surface area contributed by atoms with Crippen LogP contribution in [-0.4, -0.2) is 28.0 Å². The van der Waals surface area contributed by atoms with Crippen LogP contribution in [0.1, 0.15) is 18.4 Å². The second kappa shape index (κ2) is 9.21. The van der Waals surface area contributed by atoms with E-state index in [9.17, 15) is 13.2 Å². The first-order valence-electron chi connectivity index (χ1n) is 8.04. The summed E-state index contributed by atoms with van der Waals surface area (Å²) >= 11 is 0. The van der Waals surface area contributed by atoms with Crippen LogP contribution in [0.3, 0.4) is 0 Å². The van der Waals surface area contributed by atoms with Crippen molar-refractivity contribution in [3.8, 4) is 11.5 Å². The zero-order chi connectivity index (χ0) is 19.0. The number of primary sulfonamides is 1. The summed E-state index contributed by atoms with van der Waals surface area (Å²) < 4.78 is 33.0. The molecule has 0 atom stereocenters. The van der Waals surface area contributed by atoms with Gasteiger partial charge in [-0.25, -0.2) is 13.6 Å². The second-order valence-corrected chi connectivity index (χ2v) is 7.15. The van der Waals surface area contributed by atoms with E-state index < -0.39 is 10.0 Å². The van der Waals surface area contributed by atoms with Crippen molar-refractivity contribution < 1.29 is 22.7 Å². The lowest BCUT2D eigenvalue weighted by Gasteiger charge is -2.08. The fraction of sp³-hybridized carbons (Fsp3) is 0.278. The standard InChI is InChI=1S/C18H22N2O5S/c1-24-15-6-8-16(9-7-15)25-12-2-3-18(21)20-13-14-4-10-17(11-5-14)26(19,22)23/h4-11H,2-3,12-13H2,1H3,(H,20,21)(H2,19,22,23). The largest absolute Gasteiger partial charge is 0.497 e. The van der Waals surface area contributed by atoms with Crippen molar-refractivity contribution in [2.75, 3.05) is 13.7 Å². The van der Waals surface area contributed by atoms with Gasteiger partial charge in [-0.2, -0.15) is 0 Å². The molecule has 0 saturated heterocycles. The van der Waals surface area contributed by atoms with Crippen LogP contribution in [0.2, 0.25) is 0 Å². The lowest BCUT2D eigenvalue weighted by molar-refractivity contribution is -0.121. The number of nitrogens with one attached hydrogen (secondary N) is 1. The molecule has 0 spiro atoms. The Morgan fingerprint density at radius 3 is 2.23 bits per heavy atom. The lowest BCUT2D eigenvalue weighted by atomic mass is 10.2. The van der Waals surface area contributed by atoms with Crippen LogP contribution in [0.25, 0.3) is 0 Å². The number of ether oxygens (including phenoxy) is 2. The Labute approximate surface area is 153 Å². The quantitative estimate of drug-likeness (QED) is 0.647. The zero-order valence-electron chi connectivity index (χ0n) is 14.5. The molecule has 140 valence electrons. The zero-order valence-corrected chi connectivity index (χ0v) is 15.3. The Bertz CT molecular complexity index is 818. The lowest BCUT2D eigenvalue weighted by Crippen LogP contribution is -2.23. The Morgan fingerprint density at radius 1 is 1.04 bits per heavy atom. The van der Waals surface area contributed by atoms with E-state index >= 15 is 0 Å². The van der Waals surface area contributed by atoms with Gasteiger partial charge in [0.1, 0.15) is 11.5 Å². The highest BCUT2D eigenvalue weighted by atomic mass is 32.2. The number of benzene rings is 2. The molecule has 0 unspecified atom stereocenters. The van der Waals surface area contributed by atoms with E-state index in [2.05, 4.69) is 5.32 Å². The molecular formula is C18H22N2O5S. The van der Waals surface area contributed by atoms with Gasteiger partial charge < -0.3 is 14.8 Å². The molecule has 26 heavy (non-hydrogen) atoms. The topological polar surface area (TPSA) is 108 Å². The summed E-state index contributed by atoms with van der Waals surface area (Å²) in [5.41, 5.74) is 0.792. The third kappa shape index (κ3) is 6.38. The Morgan fingerprint density at radius 2 is 1.65 bits per heavy atom. The van der Waals surface area contributed by atoms with Crippen molar-refractivity contribution in [1.82, 2.24) is 5.32 Å². The summed E-state index contributed by atoms with van der Waals surface area (Å²) in [7, 11) is -2.10. The molecule has 0 fully saturated rings. The van der Waals surface area contributed by atoms with E-state index in [1.807, 2.05) is 24.3 Å². The van der Waals surface area contributed by atoms with Gasteiger partial charge in [-0.3, -0.25) is 4.79 Å². The molecule has 8 heteroatoms. The summed E-state index contributed by atoms with van der Waals surface area (Å²) in [5, 5.41) is 7.82. The number of methoxy groups -OCH3 is 1. The number of carbonyl (C=O) groups excluding carboxylic acids is 1. The van der Waals surface area contributed by atoms with E-state index in [0.29, 0.717) is 26.0 Å². The molecule has 0 radical (unpaired) electrons. The van der Waals surface area contributed by atoms with Crippen molar-refractivity contribution in [2.24, 2.45) is 5.14 Å². The molecule has 2 rings (SSSR count). The highest BCUT2D eigenvalue weighted by Crippen LogP contribution is 2.17. The van der Waals surface area contributed by atoms with E-state index in [1.165, 1.54) is 12.1 Å². The normalized spacial score (nSPS) is 11.0. The van der Waals surface area contributed by atoms with Crippen LogP contribution in [0.15, 0.2) is 53.4 Å². The maximum Gasteiger partial charge on any atom is 0.238 e. The Balaban J connectivity index is 1.67. The van der Waals surface area contributed by atoms with Crippen molar-refractivity contribution in [1.29, 1.82) is 0 Å². The Kier molecular flexibility index (Phi) is 6.99. The number of sulfonamides is 1. The Hall–Kier alpha value is -2.58. The molecule has 0 aromatic heterocycles. The number of rotatable bonds is 9. The number of carbonyl (C=O) groups is 1. The summed E-state index contributed by atoms with van der Waals surface area (Å²) in [4.78, 5) is 11.9. The van der Waals surface area contributed by atoms with Gasteiger partial charge in [-0.1, -0.05) is 12.1 Å². The van der Waals surface area contributed by atoms with E-state index in [1.54, 1.807) is 19.2 Å². The molecule has 0 saturated carbocycles. The van der Waals surface area contributed by atoms with Crippen molar-refractivity contribution >= 4 is 15.9 Å². The third-order valence-electron chi connectivity index (χ3n) is 3.62. The first kappa shape index (κ1) is 19.7. The van der Waals surface area contributed by atoms with Gasteiger partial charge in [-0.05, 0) is 48.4 Å². The minimum absolute atomic E-state index is 0.0447. The highest BCUT2D eigenvalue weighted by molar-refractivity contribution is 7.89. The SMILES string of the molecule is COc1ccc(OCCCC(=O)NCc2ccc(S(N)(=O)=O)cc2)cc1. The van der Waals surface area contributed by atoms with Crippen LogP contribution in [0.4, 0.5) is 0 Å². The van der Waals surface area contributed by atoms with Crippen molar-refractivity contribution in [3.63, 3.8) is 0 Å². The minimum atomic E-state index is -3.70. The summed E-state index contributed by atoms with van der Waals surface area (Å²) in [5.74, 6) is 1.38. The van der Waals surface area contributed by atoms with Gasteiger partial charge in [0.2, 0.25) is 15.9 Å². The molecule has 0 aliphatic rings. The summed E-state index contributed by atoms with van der Waals surface area (Å²) in [6, 6.07) is 13.3. The second-order valence-electron chi connectivity index (χ2n) is 5.59. The van der Waals surface area contributed by atoms with Gasteiger partial charge in [0.15, 0.2) is 0 Å². The summed E-state index contributed by atoms with van der Waals surface area (Å²) in [6.07, 6.45) is 0.924. The molecule has 0 heterocycles. The molecule has 7 nitrogen and oxygen atoms in total. The van der Waals surface area contributed by atoms with Crippen LogP contribution in [0, 0.1) is 0 Å². The predicted molar refractivity (Wildman–Crippen MR) is 97.4 cm³/mol. The highest BCUT2D eigenvalue weighted by Gasteiger charge is 2.07. The van der Waals surface area contributed by atoms with Gasteiger partial charge >= 0.3 is 0 Å². The van der Waals surface area contributed by atoms with E-state index in [-0.39, 0.29) is 10.8 Å². The maximum atomic E-state index is 11.8. The fourth-order valence-corrected chi connectivity index (χ4v) is 2.70. The summed E-state index contributed by atoms with van der Waals surface area (Å²) in [6.45, 7) is 0.756. The molecule has 0 aliphatic heterocycles. The van der Waals surface area contributed by atoms with Crippen LogP contribution in [0.5, 0.6) is 11.5 Å². The average Bonchev–Trinajstić information content (AvgIpc) is 2.63. The average molecular weight is 378 g/mol. The van der Waals surface area contributed by atoms with E-state index in [4.69, 9.17) is 14.6 Å². The first-order chi connectivity index (χ1) is 12.4. The molecular weight excluding hydrogens is 356 g/mol. The number of nitrogens with two attached hydrogens (primary N) is 1. The van der Waals surface area contributed by atoms with Gasteiger partial charge in [-0.15, -0.1) is 0 Å². The van der Waals surface area contributed by atoms with Gasteiger partial charge in [0, 0.05) is 13.0 Å². The third-order valence-corrected chi connectivity index (χ3v) is 4.55. The molecule has 3 N–H and O–H groups in total. The van der Waals surface area contributed by atoms with Crippen molar-refractivity contribution in [3.05, 3.63) is 54.1 Å². The van der Waals surface area contributed by atoms with Crippen LogP contribution < -0.4 is 19.9 Å². The molecule has 0 bridgehead atoms. The molecule has 2 aromatic carbocycles. The maximum absolute atomic E-state index is 11.8. The number of amides is 1. The van der Waals surface area contributed by atoms with Crippen LogP contribution in [-0.2, 0) is 21.4 Å².